The molecule has 2 saturated heterocycles. The van der Waals surface area contributed by atoms with E-state index in [-0.39, 0.29) is 17.9 Å². The van der Waals surface area contributed by atoms with E-state index in [1.54, 1.807) is 0 Å². The number of hydrogen-bond donors (Lipinski definition) is 1. The van der Waals surface area contributed by atoms with Crippen molar-refractivity contribution in [3.63, 3.8) is 0 Å². The normalized spacial score (nSPS) is 19.4. The van der Waals surface area contributed by atoms with Crippen LogP contribution in [0.5, 0.6) is 0 Å². The molecular formula is C26H31ClN4O2. The molecule has 1 aromatic heterocycles. The number of halogens is 1. The number of aryl methyl sites for hydroxylation is 3. The first kappa shape index (κ1) is 22.2. The van der Waals surface area contributed by atoms with Gasteiger partial charge in [0.05, 0.1) is 29.4 Å². The second-order valence-electron chi connectivity index (χ2n) is 9.44. The van der Waals surface area contributed by atoms with Gasteiger partial charge in [0.15, 0.2) is 0 Å². The first-order valence-corrected chi connectivity index (χ1v) is 12.2. The molecular weight excluding hydrogens is 436 g/mol. The molecule has 1 amide bonds. The topological polar surface area (TPSA) is 59.4 Å². The van der Waals surface area contributed by atoms with E-state index in [1.807, 2.05) is 13.0 Å². The molecule has 3 aromatic rings. The van der Waals surface area contributed by atoms with Crippen molar-refractivity contribution >= 4 is 34.5 Å². The molecule has 174 valence electrons. The van der Waals surface area contributed by atoms with Crippen LogP contribution in [0.1, 0.15) is 36.0 Å². The number of rotatable bonds is 4. The fraction of sp³-hybridized carbons (Fsp3) is 0.462. The summed E-state index contributed by atoms with van der Waals surface area (Å²) in [6.07, 6.45) is 2.54. The Balaban J connectivity index is 1.44. The predicted octanol–water partition coefficient (Wildman–Crippen LogP) is 4.73. The maximum absolute atomic E-state index is 12.8. The minimum atomic E-state index is 0.0398. The number of carbonyl (C=O) groups is 1. The van der Waals surface area contributed by atoms with Gasteiger partial charge in [0.25, 0.3) is 0 Å². The summed E-state index contributed by atoms with van der Waals surface area (Å²) in [5, 5.41) is 3.91. The van der Waals surface area contributed by atoms with Gasteiger partial charge in [0.2, 0.25) is 11.9 Å². The fourth-order valence-electron chi connectivity index (χ4n) is 4.82. The summed E-state index contributed by atoms with van der Waals surface area (Å²) in [4.78, 5) is 20.1. The Morgan fingerprint density at radius 3 is 2.52 bits per heavy atom. The average molecular weight is 467 g/mol. The van der Waals surface area contributed by atoms with Gasteiger partial charge in [-0.2, -0.15) is 0 Å². The molecule has 0 radical (unpaired) electrons. The number of fused-ring (bicyclic) bond motifs is 1. The van der Waals surface area contributed by atoms with Gasteiger partial charge in [-0.15, -0.1) is 0 Å². The van der Waals surface area contributed by atoms with Crippen molar-refractivity contribution in [2.75, 3.05) is 31.2 Å². The molecule has 5 rings (SSSR count). The summed E-state index contributed by atoms with van der Waals surface area (Å²) in [5.41, 5.74) is 6.58. The molecule has 3 heterocycles. The van der Waals surface area contributed by atoms with Crippen molar-refractivity contribution in [1.29, 1.82) is 0 Å². The zero-order chi connectivity index (χ0) is 23.1. The summed E-state index contributed by atoms with van der Waals surface area (Å²) in [5.74, 6) is 1.12. The summed E-state index contributed by atoms with van der Waals surface area (Å²) >= 11 is 6.50. The van der Waals surface area contributed by atoms with Crippen LogP contribution < -0.4 is 10.2 Å². The molecule has 2 fully saturated rings. The summed E-state index contributed by atoms with van der Waals surface area (Å²) in [6.45, 7) is 9.22. The quantitative estimate of drug-likeness (QED) is 0.604. The van der Waals surface area contributed by atoms with Gasteiger partial charge in [0, 0.05) is 30.6 Å². The highest BCUT2D eigenvalue weighted by Gasteiger charge is 2.30. The van der Waals surface area contributed by atoms with E-state index in [4.69, 9.17) is 21.3 Å². The number of nitrogens with one attached hydrogen (secondary N) is 1. The van der Waals surface area contributed by atoms with E-state index in [1.165, 1.54) is 11.1 Å². The second-order valence-corrected chi connectivity index (χ2v) is 9.84. The van der Waals surface area contributed by atoms with E-state index < -0.39 is 0 Å². The first-order chi connectivity index (χ1) is 15.9. The summed E-state index contributed by atoms with van der Waals surface area (Å²) < 4.78 is 7.60. The standard InChI is InChI=1S/C26H31ClN4O2/c1-16-4-5-21(14-22(16)27)31-24-13-18(3)17(2)12-23(24)29-26(31)30-9-6-19(7-10-30)25(32)28-20-8-11-33-15-20/h4-5,12-14,19-20H,6-11,15H2,1-3H3,(H,28,32). The number of amides is 1. The number of carbonyl (C=O) groups excluding carboxylic acids is 1. The van der Waals surface area contributed by atoms with Crippen molar-refractivity contribution < 1.29 is 9.53 Å². The number of hydrogen-bond acceptors (Lipinski definition) is 4. The average Bonchev–Trinajstić information content (AvgIpc) is 3.44. The van der Waals surface area contributed by atoms with Crippen molar-refractivity contribution in [1.82, 2.24) is 14.9 Å². The molecule has 2 aliphatic heterocycles. The molecule has 1 atom stereocenters. The fourth-order valence-corrected chi connectivity index (χ4v) is 4.99. The van der Waals surface area contributed by atoms with Crippen molar-refractivity contribution in [3.8, 4) is 5.69 Å². The Morgan fingerprint density at radius 1 is 1.06 bits per heavy atom. The number of ether oxygens (including phenoxy) is 1. The lowest BCUT2D eigenvalue weighted by Crippen LogP contribution is -2.44. The maximum atomic E-state index is 12.8. The third-order valence-electron chi connectivity index (χ3n) is 7.09. The number of imidazole rings is 1. The van der Waals surface area contributed by atoms with Crippen molar-refractivity contribution in [2.24, 2.45) is 5.92 Å². The lowest BCUT2D eigenvalue weighted by molar-refractivity contribution is -0.126. The third-order valence-corrected chi connectivity index (χ3v) is 7.50. The number of aromatic nitrogens is 2. The largest absolute Gasteiger partial charge is 0.379 e. The van der Waals surface area contributed by atoms with Crippen LogP contribution in [0.2, 0.25) is 5.02 Å². The minimum absolute atomic E-state index is 0.0398. The highest BCUT2D eigenvalue weighted by Crippen LogP contribution is 2.33. The van der Waals surface area contributed by atoms with Gasteiger partial charge in [-0.05, 0) is 81.0 Å². The zero-order valence-corrected chi connectivity index (χ0v) is 20.3. The van der Waals surface area contributed by atoms with Crippen LogP contribution in [0.25, 0.3) is 16.7 Å². The number of piperidine rings is 1. The molecule has 0 spiro atoms. The monoisotopic (exact) mass is 466 g/mol. The van der Waals surface area contributed by atoms with Crippen LogP contribution in [-0.4, -0.2) is 47.8 Å². The van der Waals surface area contributed by atoms with E-state index >= 15 is 0 Å². The molecule has 2 aliphatic rings. The molecule has 0 saturated carbocycles. The van der Waals surface area contributed by atoms with Gasteiger partial charge in [-0.25, -0.2) is 4.98 Å². The Bertz CT molecular complexity index is 1190. The lowest BCUT2D eigenvalue weighted by atomic mass is 9.95. The number of benzene rings is 2. The van der Waals surface area contributed by atoms with E-state index in [9.17, 15) is 4.79 Å². The SMILES string of the molecule is Cc1cc2nc(N3CCC(C(=O)NC4CCOC4)CC3)n(-c3ccc(C)c(Cl)c3)c2cc1C. The lowest BCUT2D eigenvalue weighted by Gasteiger charge is -2.33. The molecule has 0 bridgehead atoms. The Kier molecular flexibility index (Phi) is 6.06. The van der Waals surface area contributed by atoms with Gasteiger partial charge >= 0.3 is 0 Å². The zero-order valence-electron chi connectivity index (χ0n) is 19.5. The number of anilines is 1. The molecule has 33 heavy (non-hydrogen) atoms. The third kappa shape index (κ3) is 4.34. The Labute approximate surface area is 199 Å². The summed E-state index contributed by atoms with van der Waals surface area (Å²) in [6, 6.07) is 10.7. The van der Waals surface area contributed by atoms with Gasteiger partial charge < -0.3 is 15.0 Å². The van der Waals surface area contributed by atoms with Gasteiger partial charge in [0.1, 0.15) is 0 Å². The highest BCUT2D eigenvalue weighted by atomic mass is 35.5. The summed E-state index contributed by atoms with van der Waals surface area (Å²) in [7, 11) is 0. The van der Waals surface area contributed by atoms with Gasteiger partial charge in [-0.3, -0.25) is 9.36 Å². The molecule has 7 heteroatoms. The molecule has 1 N–H and O–H groups in total. The van der Waals surface area contributed by atoms with Crippen LogP contribution in [0.3, 0.4) is 0 Å². The van der Waals surface area contributed by atoms with Crippen LogP contribution in [0.15, 0.2) is 30.3 Å². The van der Waals surface area contributed by atoms with Crippen LogP contribution in [0, 0.1) is 26.7 Å². The first-order valence-electron chi connectivity index (χ1n) is 11.8. The predicted molar refractivity (Wildman–Crippen MR) is 133 cm³/mol. The van der Waals surface area contributed by atoms with Crippen molar-refractivity contribution in [2.45, 2.75) is 46.1 Å². The molecule has 0 aliphatic carbocycles. The number of nitrogens with zero attached hydrogens (tertiary/aromatic N) is 3. The van der Waals surface area contributed by atoms with Crippen LogP contribution >= 0.6 is 11.6 Å². The van der Waals surface area contributed by atoms with E-state index in [2.05, 4.69) is 52.9 Å². The van der Waals surface area contributed by atoms with Crippen molar-refractivity contribution in [3.05, 3.63) is 52.0 Å². The van der Waals surface area contributed by atoms with Gasteiger partial charge in [-0.1, -0.05) is 17.7 Å². The molecule has 2 aromatic carbocycles. The van der Waals surface area contributed by atoms with E-state index in [0.717, 1.165) is 72.2 Å². The van der Waals surface area contributed by atoms with Crippen LogP contribution in [-0.2, 0) is 9.53 Å². The Morgan fingerprint density at radius 2 is 1.82 bits per heavy atom. The second kappa shape index (κ2) is 8.99. The minimum Gasteiger partial charge on any atom is -0.379 e. The molecule has 6 nitrogen and oxygen atoms in total. The molecule has 1 unspecified atom stereocenters. The highest BCUT2D eigenvalue weighted by molar-refractivity contribution is 6.31. The Hall–Kier alpha value is -2.57. The smallest absolute Gasteiger partial charge is 0.223 e. The van der Waals surface area contributed by atoms with E-state index in [0.29, 0.717) is 6.61 Å². The van der Waals surface area contributed by atoms with Crippen LogP contribution in [0.4, 0.5) is 5.95 Å². The maximum Gasteiger partial charge on any atom is 0.223 e.